The van der Waals surface area contributed by atoms with E-state index in [2.05, 4.69) is 34.5 Å². The minimum Gasteiger partial charge on any atom is -0.355 e. The molecule has 2 aliphatic rings. The van der Waals surface area contributed by atoms with Gasteiger partial charge in [0.2, 0.25) is 5.91 Å². The Morgan fingerprint density at radius 2 is 1.97 bits per heavy atom. The number of amides is 2. The van der Waals surface area contributed by atoms with Crippen molar-refractivity contribution < 1.29 is 9.59 Å². The Balaban J connectivity index is 1.43. The standard InChI is InChI=1S/C24H31N3O2S/c1-26(2)13-10-25-22(28)15-19-16-24(21-6-4-3-5-20(19)21)8-11-27(12-9-24)23(29)18-7-14-30-17-18/h3-7,14,17,19H,8-13,15-16H2,1-2H3,(H,25,28)/t19-/m0/s1. The molecule has 1 spiro atoms. The van der Waals surface area contributed by atoms with E-state index in [0.29, 0.717) is 13.0 Å². The lowest BCUT2D eigenvalue weighted by Gasteiger charge is -2.40. The zero-order chi connectivity index (χ0) is 21.1. The molecule has 0 unspecified atom stereocenters. The van der Waals surface area contributed by atoms with Crippen LogP contribution in [0.5, 0.6) is 0 Å². The first-order chi connectivity index (χ1) is 14.5. The highest BCUT2D eigenvalue weighted by Gasteiger charge is 2.46. The van der Waals surface area contributed by atoms with Gasteiger partial charge in [0.1, 0.15) is 0 Å². The Labute approximate surface area is 183 Å². The number of likely N-dealkylation sites (tertiary alicyclic amines) is 1. The van der Waals surface area contributed by atoms with Crippen molar-refractivity contribution in [1.29, 1.82) is 0 Å². The van der Waals surface area contributed by atoms with E-state index in [0.717, 1.165) is 44.5 Å². The molecule has 5 nitrogen and oxygen atoms in total. The number of piperidine rings is 1. The van der Waals surface area contributed by atoms with E-state index in [1.54, 1.807) is 11.3 Å². The highest BCUT2D eigenvalue weighted by molar-refractivity contribution is 7.08. The van der Waals surface area contributed by atoms with E-state index in [1.165, 1.54) is 11.1 Å². The fourth-order valence-corrected chi connectivity index (χ4v) is 5.73. The summed E-state index contributed by atoms with van der Waals surface area (Å²) in [6.07, 6.45) is 3.49. The molecule has 30 heavy (non-hydrogen) atoms. The number of hydrogen-bond acceptors (Lipinski definition) is 4. The predicted octanol–water partition coefficient (Wildman–Crippen LogP) is 3.48. The van der Waals surface area contributed by atoms with E-state index in [4.69, 9.17) is 0 Å². The molecule has 1 saturated heterocycles. The number of rotatable bonds is 6. The molecule has 0 saturated carbocycles. The van der Waals surface area contributed by atoms with Crippen molar-refractivity contribution in [2.45, 2.75) is 37.0 Å². The molecule has 2 aromatic rings. The van der Waals surface area contributed by atoms with Crippen molar-refractivity contribution in [1.82, 2.24) is 15.1 Å². The Kier molecular flexibility index (Phi) is 6.25. The molecule has 4 rings (SSSR count). The first kappa shape index (κ1) is 21.1. The molecule has 1 N–H and O–H groups in total. The molecule has 1 atom stereocenters. The molecule has 1 aliphatic heterocycles. The molecule has 0 bridgehead atoms. The van der Waals surface area contributed by atoms with Gasteiger partial charge in [-0.15, -0.1) is 0 Å². The minimum atomic E-state index is 0.0939. The lowest BCUT2D eigenvalue weighted by atomic mass is 9.73. The average Bonchev–Trinajstić information content (AvgIpc) is 3.36. The number of carbonyl (C=O) groups is 2. The number of benzene rings is 1. The van der Waals surface area contributed by atoms with Crippen LogP contribution < -0.4 is 5.32 Å². The average molecular weight is 426 g/mol. The fraction of sp³-hybridized carbons (Fsp3) is 0.500. The van der Waals surface area contributed by atoms with Crippen LogP contribution in [0.2, 0.25) is 0 Å². The second-order valence-electron chi connectivity index (χ2n) is 8.93. The lowest BCUT2D eigenvalue weighted by molar-refractivity contribution is -0.121. The van der Waals surface area contributed by atoms with E-state index >= 15 is 0 Å². The quantitative estimate of drug-likeness (QED) is 0.771. The molecule has 6 heteroatoms. The number of carbonyl (C=O) groups excluding carboxylic acids is 2. The number of thiophene rings is 1. The maximum absolute atomic E-state index is 12.7. The van der Waals surface area contributed by atoms with Crippen molar-refractivity contribution in [3.05, 3.63) is 57.8 Å². The minimum absolute atomic E-state index is 0.0939. The topological polar surface area (TPSA) is 52.7 Å². The summed E-state index contributed by atoms with van der Waals surface area (Å²) < 4.78 is 0. The summed E-state index contributed by atoms with van der Waals surface area (Å²) in [5.41, 5.74) is 3.63. The van der Waals surface area contributed by atoms with Crippen LogP contribution in [0.15, 0.2) is 41.1 Å². The van der Waals surface area contributed by atoms with Gasteiger partial charge in [0.15, 0.2) is 0 Å². The van der Waals surface area contributed by atoms with E-state index < -0.39 is 0 Å². The number of nitrogens with one attached hydrogen (secondary N) is 1. The summed E-state index contributed by atoms with van der Waals surface area (Å²) in [7, 11) is 4.03. The van der Waals surface area contributed by atoms with Crippen LogP contribution in [0.25, 0.3) is 0 Å². The molecular weight excluding hydrogens is 394 g/mol. The normalized spacial score (nSPS) is 19.8. The van der Waals surface area contributed by atoms with Gasteiger partial charge in [-0.05, 0) is 67.3 Å². The molecule has 2 amide bonds. The van der Waals surface area contributed by atoms with Gasteiger partial charge in [-0.25, -0.2) is 0 Å². The van der Waals surface area contributed by atoms with Crippen LogP contribution in [0.4, 0.5) is 0 Å². The zero-order valence-electron chi connectivity index (χ0n) is 17.9. The first-order valence-corrected chi connectivity index (χ1v) is 11.8. The molecule has 1 fully saturated rings. The molecule has 0 radical (unpaired) electrons. The summed E-state index contributed by atoms with van der Waals surface area (Å²) in [6.45, 7) is 3.10. The van der Waals surface area contributed by atoms with Crippen molar-refractivity contribution in [3.63, 3.8) is 0 Å². The fourth-order valence-electron chi connectivity index (χ4n) is 5.10. The van der Waals surface area contributed by atoms with Gasteiger partial charge in [-0.1, -0.05) is 24.3 Å². The van der Waals surface area contributed by atoms with Crippen molar-refractivity contribution in [3.8, 4) is 0 Å². The van der Waals surface area contributed by atoms with Gasteiger partial charge in [0.05, 0.1) is 5.56 Å². The summed E-state index contributed by atoms with van der Waals surface area (Å²) in [4.78, 5) is 29.4. The van der Waals surface area contributed by atoms with Crippen LogP contribution in [0.3, 0.4) is 0 Å². The van der Waals surface area contributed by atoms with Crippen molar-refractivity contribution >= 4 is 23.2 Å². The number of nitrogens with zero attached hydrogens (tertiary/aromatic N) is 2. The lowest BCUT2D eigenvalue weighted by Crippen LogP contribution is -2.44. The molecule has 2 heterocycles. The summed E-state index contributed by atoms with van der Waals surface area (Å²) in [5, 5.41) is 6.96. The van der Waals surface area contributed by atoms with Crippen molar-refractivity contribution in [2.75, 3.05) is 40.3 Å². The van der Waals surface area contributed by atoms with Gasteiger partial charge in [0, 0.05) is 38.0 Å². The first-order valence-electron chi connectivity index (χ1n) is 10.8. The third-order valence-electron chi connectivity index (χ3n) is 6.70. The van der Waals surface area contributed by atoms with Gasteiger partial charge in [-0.2, -0.15) is 11.3 Å². The molecule has 1 aromatic heterocycles. The molecule has 160 valence electrons. The van der Waals surface area contributed by atoms with E-state index in [-0.39, 0.29) is 23.1 Å². The number of fused-ring (bicyclic) bond motifs is 2. The maximum atomic E-state index is 12.7. The molecular formula is C24H31N3O2S. The number of likely N-dealkylation sites (N-methyl/N-ethyl adjacent to an activating group) is 1. The van der Waals surface area contributed by atoms with Gasteiger partial charge < -0.3 is 15.1 Å². The van der Waals surface area contributed by atoms with Gasteiger partial charge in [-0.3, -0.25) is 9.59 Å². The summed E-state index contributed by atoms with van der Waals surface area (Å²) >= 11 is 1.57. The highest BCUT2D eigenvalue weighted by atomic mass is 32.1. The largest absolute Gasteiger partial charge is 0.355 e. The molecule has 1 aliphatic carbocycles. The SMILES string of the molecule is CN(C)CCNC(=O)C[C@H]1CC2(CCN(C(=O)c3ccsc3)CC2)c2ccccc21. The van der Waals surface area contributed by atoms with Crippen molar-refractivity contribution in [2.24, 2.45) is 0 Å². The van der Waals surface area contributed by atoms with Gasteiger partial charge in [0.25, 0.3) is 5.91 Å². The van der Waals surface area contributed by atoms with Crippen LogP contribution in [-0.2, 0) is 10.2 Å². The van der Waals surface area contributed by atoms with E-state index in [9.17, 15) is 9.59 Å². The summed E-state index contributed by atoms with van der Waals surface area (Å²) in [6, 6.07) is 10.6. The second kappa shape index (κ2) is 8.90. The zero-order valence-corrected chi connectivity index (χ0v) is 18.7. The third-order valence-corrected chi connectivity index (χ3v) is 7.38. The predicted molar refractivity (Wildman–Crippen MR) is 121 cm³/mol. The molecule has 1 aromatic carbocycles. The Morgan fingerprint density at radius 1 is 1.20 bits per heavy atom. The Bertz CT molecular complexity index is 886. The second-order valence-corrected chi connectivity index (χ2v) is 9.71. The van der Waals surface area contributed by atoms with Crippen LogP contribution in [-0.4, -0.2) is 61.9 Å². The monoisotopic (exact) mass is 425 g/mol. The third kappa shape index (κ3) is 4.30. The van der Waals surface area contributed by atoms with Gasteiger partial charge >= 0.3 is 0 Å². The van der Waals surface area contributed by atoms with Crippen LogP contribution in [0.1, 0.15) is 53.1 Å². The summed E-state index contributed by atoms with van der Waals surface area (Å²) in [5.74, 6) is 0.549. The van der Waals surface area contributed by atoms with Crippen LogP contribution >= 0.6 is 11.3 Å². The maximum Gasteiger partial charge on any atom is 0.254 e. The Morgan fingerprint density at radius 3 is 2.67 bits per heavy atom. The number of hydrogen-bond donors (Lipinski definition) is 1. The highest BCUT2D eigenvalue weighted by Crippen LogP contribution is 2.52. The van der Waals surface area contributed by atoms with Crippen LogP contribution in [0, 0.1) is 0 Å². The Hall–Kier alpha value is -2.18. The smallest absolute Gasteiger partial charge is 0.254 e. The van der Waals surface area contributed by atoms with E-state index in [1.807, 2.05) is 35.8 Å².